The molecule has 1 aromatic carbocycles. The van der Waals surface area contributed by atoms with E-state index in [1.54, 1.807) is 12.1 Å². The number of nitrogens with zero attached hydrogens (tertiary/aromatic N) is 2. The number of anilines is 1. The quantitative estimate of drug-likeness (QED) is 0.290. The van der Waals surface area contributed by atoms with Gasteiger partial charge in [0.05, 0.1) is 23.6 Å². The van der Waals surface area contributed by atoms with Crippen LogP contribution in [0.3, 0.4) is 0 Å². The van der Waals surface area contributed by atoms with Gasteiger partial charge in [-0.05, 0) is 101 Å². The minimum absolute atomic E-state index is 0.0200. The fourth-order valence-corrected chi connectivity index (χ4v) is 9.01. The Morgan fingerprint density at radius 3 is 2.53 bits per heavy atom. The summed E-state index contributed by atoms with van der Waals surface area (Å²) in [6.45, 7) is 0.443. The van der Waals surface area contributed by atoms with Crippen LogP contribution in [-0.4, -0.2) is 90.0 Å². The number of benzene rings is 1. The number of amides is 6. The lowest BCUT2D eigenvalue weighted by atomic mass is 10.0. The lowest BCUT2D eigenvalue weighted by Crippen LogP contribution is -2.58. The van der Waals surface area contributed by atoms with E-state index < -0.39 is 68.6 Å². The summed E-state index contributed by atoms with van der Waals surface area (Å²) in [7, 11) is -3.90. The number of pyridine rings is 1. The molecule has 16 heteroatoms. The van der Waals surface area contributed by atoms with E-state index in [0.717, 1.165) is 31.2 Å². The molecule has 1 unspecified atom stereocenters. The molecule has 4 aliphatic heterocycles. The molecule has 5 N–H and O–H groups in total. The summed E-state index contributed by atoms with van der Waals surface area (Å²) < 4.78 is 33.7. The number of fused-ring (bicyclic) bond motifs is 12. The molecule has 6 amide bonds. The third-order valence-corrected chi connectivity index (χ3v) is 12.8. The summed E-state index contributed by atoms with van der Waals surface area (Å²) in [6.07, 6.45) is 10.5. The van der Waals surface area contributed by atoms with Crippen molar-refractivity contribution >= 4 is 45.5 Å². The van der Waals surface area contributed by atoms with Crippen molar-refractivity contribution in [2.75, 3.05) is 18.5 Å². The maximum Gasteiger partial charge on any atom is 0.320 e. The first-order valence-corrected chi connectivity index (χ1v) is 21.0. The zero-order chi connectivity index (χ0) is 38.6. The van der Waals surface area contributed by atoms with E-state index in [1.807, 2.05) is 42.5 Å². The average molecular weight is 776 g/mol. The molecule has 1 saturated heterocycles. The van der Waals surface area contributed by atoms with E-state index >= 15 is 0 Å². The van der Waals surface area contributed by atoms with Gasteiger partial charge >= 0.3 is 6.03 Å². The van der Waals surface area contributed by atoms with Gasteiger partial charge < -0.3 is 25.6 Å². The Bertz CT molecular complexity index is 1940. The number of nitrogens with one attached hydrogen (secondary N) is 5. The Kier molecular flexibility index (Phi) is 11.4. The molecule has 0 radical (unpaired) electrons. The molecule has 3 fully saturated rings. The second-order valence-corrected chi connectivity index (χ2v) is 17.2. The Labute approximate surface area is 320 Å². The summed E-state index contributed by atoms with van der Waals surface area (Å²) in [5.41, 5.74) is -0.0510. The van der Waals surface area contributed by atoms with Gasteiger partial charge in [-0.25, -0.2) is 18.2 Å². The lowest BCUT2D eigenvalue weighted by molar-refractivity contribution is -0.142. The van der Waals surface area contributed by atoms with Crippen LogP contribution in [0.1, 0.15) is 83.5 Å². The molecule has 1 aromatic heterocycles. The minimum Gasteiger partial charge on any atom is -0.494 e. The van der Waals surface area contributed by atoms with Gasteiger partial charge in [0.15, 0.2) is 0 Å². The molecular weight excluding hydrogens is 727 g/mol. The molecule has 294 valence electrons. The molecular formula is C39H49N7O8S. The van der Waals surface area contributed by atoms with E-state index in [-0.39, 0.29) is 31.7 Å². The van der Waals surface area contributed by atoms with Crippen LogP contribution >= 0.6 is 0 Å². The Morgan fingerprint density at radius 2 is 1.73 bits per heavy atom. The van der Waals surface area contributed by atoms with E-state index in [1.165, 1.54) is 4.90 Å². The largest absolute Gasteiger partial charge is 0.494 e. The highest BCUT2D eigenvalue weighted by Crippen LogP contribution is 2.46. The predicted molar refractivity (Wildman–Crippen MR) is 203 cm³/mol. The SMILES string of the molecule is O=C1CCCCCOc2ccc(cc2)-c2cccc(n2)NC(=O)N[C@@H]2C[C@H]3C(=O)NC4(C(=O)NS(=O)(=O)C5CC5)C[C@H]4/C=C\CCCCC[C@H](N1)C(=O)N3C2. The summed E-state index contributed by atoms with van der Waals surface area (Å²) >= 11 is 0. The van der Waals surface area contributed by atoms with Crippen molar-refractivity contribution < 1.29 is 37.1 Å². The second-order valence-electron chi connectivity index (χ2n) is 15.3. The number of urea groups is 1. The highest BCUT2D eigenvalue weighted by Gasteiger charge is 2.62. The summed E-state index contributed by atoms with van der Waals surface area (Å²) in [5, 5.41) is 10.8. The first-order valence-electron chi connectivity index (χ1n) is 19.4. The molecule has 15 nitrogen and oxygen atoms in total. The smallest absolute Gasteiger partial charge is 0.320 e. The molecule has 8 rings (SSSR count). The third-order valence-electron chi connectivity index (χ3n) is 11.0. The zero-order valence-corrected chi connectivity index (χ0v) is 31.6. The van der Waals surface area contributed by atoms with Gasteiger partial charge in [-0.15, -0.1) is 0 Å². The van der Waals surface area contributed by atoms with Gasteiger partial charge in [-0.3, -0.25) is 29.2 Å². The summed E-state index contributed by atoms with van der Waals surface area (Å²) in [5.74, 6) is -1.61. The summed E-state index contributed by atoms with van der Waals surface area (Å²) in [4.78, 5) is 75.0. The molecule has 5 atom stereocenters. The number of carbonyl (C=O) groups is 5. The average Bonchev–Trinajstić information content (AvgIpc) is 4.08. The molecule has 7 bridgehead atoms. The maximum atomic E-state index is 14.4. The normalized spacial score (nSPS) is 28.8. The summed E-state index contributed by atoms with van der Waals surface area (Å²) in [6, 6.07) is 9.44. The molecule has 6 aliphatic rings. The number of ether oxygens (including phenoxy) is 1. The topological polar surface area (TPSA) is 205 Å². The number of carbonyl (C=O) groups excluding carboxylic acids is 5. The fourth-order valence-electron chi connectivity index (χ4n) is 7.65. The van der Waals surface area contributed by atoms with Crippen molar-refractivity contribution in [1.82, 2.24) is 30.6 Å². The number of allylic oxidation sites excluding steroid dienone is 1. The minimum atomic E-state index is -3.90. The van der Waals surface area contributed by atoms with Crippen LogP contribution in [0.2, 0.25) is 0 Å². The number of hydrogen-bond donors (Lipinski definition) is 5. The van der Waals surface area contributed by atoms with Crippen LogP contribution in [-0.2, 0) is 29.2 Å². The van der Waals surface area contributed by atoms with Crippen LogP contribution in [0.25, 0.3) is 11.3 Å². The molecule has 55 heavy (non-hydrogen) atoms. The van der Waals surface area contributed by atoms with Gasteiger partial charge in [-0.2, -0.15) is 0 Å². The number of hydrogen-bond acceptors (Lipinski definition) is 9. The van der Waals surface area contributed by atoms with Crippen molar-refractivity contribution in [2.45, 2.75) is 112 Å². The van der Waals surface area contributed by atoms with Crippen molar-refractivity contribution in [3.8, 4) is 17.0 Å². The second kappa shape index (κ2) is 16.4. The first-order chi connectivity index (χ1) is 26.5. The Balaban J connectivity index is 1.16. The molecule has 2 aromatic rings. The van der Waals surface area contributed by atoms with Gasteiger partial charge in [-0.1, -0.05) is 31.1 Å². The fraction of sp³-hybridized carbons (Fsp3) is 0.538. The van der Waals surface area contributed by atoms with Gasteiger partial charge in [0.2, 0.25) is 27.7 Å². The van der Waals surface area contributed by atoms with E-state index in [4.69, 9.17) is 4.74 Å². The van der Waals surface area contributed by atoms with Gasteiger partial charge in [0.1, 0.15) is 29.2 Å². The van der Waals surface area contributed by atoms with Crippen LogP contribution in [0.4, 0.5) is 10.6 Å². The highest BCUT2D eigenvalue weighted by molar-refractivity contribution is 7.91. The zero-order valence-electron chi connectivity index (χ0n) is 30.8. The molecule has 0 spiro atoms. The van der Waals surface area contributed by atoms with E-state index in [9.17, 15) is 32.4 Å². The highest BCUT2D eigenvalue weighted by atomic mass is 32.2. The van der Waals surface area contributed by atoms with Crippen LogP contribution < -0.4 is 30.7 Å². The standard InChI is InChI=1S/C39H49N7O8S/c47-34-14-7-4-8-21-54-28-17-15-25(16-18-28)30-12-9-13-33(41-30)43-38(51)40-27-22-32-35(48)44-39(37(50)45-55(52,53)29-19-20-29)23-26(39)10-5-2-1-3-6-11-31(42-34)36(49)46(32)24-27/h5,9-10,12-13,15-18,26-27,29,31-32H,1-4,6-8,11,14,19-24H2,(H,42,47)(H,44,48)(H,45,50)(H2,40,41,43,51)/b10-5-/t26-,27-,31+,32+,39?/m1/s1. The Hall–Kier alpha value is -4.99. The number of rotatable bonds is 3. The van der Waals surface area contributed by atoms with E-state index in [2.05, 4.69) is 31.0 Å². The van der Waals surface area contributed by atoms with Gasteiger partial charge in [0.25, 0.3) is 5.91 Å². The predicted octanol–water partition coefficient (Wildman–Crippen LogP) is 3.28. The third kappa shape index (κ3) is 9.28. The number of sulfonamides is 1. The molecule has 2 saturated carbocycles. The van der Waals surface area contributed by atoms with Crippen LogP contribution in [0, 0.1) is 5.92 Å². The first kappa shape index (κ1) is 38.3. The monoisotopic (exact) mass is 775 g/mol. The molecule has 5 heterocycles. The van der Waals surface area contributed by atoms with Crippen molar-refractivity contribution in [3.63, 3.8) is 0 Å². The van der Waals surface area contributed by atoms with E-state index in [0.29, 0.717) is 62.4 Å². The Morgan fingerprint density at radius 1 is 0.927 bits per heavy atom. The van der Waals surface area contributed by atoms with Crippen molar-refractivity contribution in [3.05, 3.63) is 54.6 Å². The van der Waals surface area contributed by atoms with Gasteiger partial charge in [0, 0.05) is 24.4 Å². The van der Waals surface area contributed by atoms with Crippen molar-refractivity contribution in [2.24, 2.45) is 5.92 Å². The van der Waals surface area contributed by atoms with Crippen LogP contribution in [0.15, 0.2) is 54.6 Å². The lowest BCUT2D eigenvalue weighted by Gasteiger charge is -2.30. The van der Waals surface area contributed by atoms with Crippen molar-refractivity contribution in [1.29, 1.82) is 0 Å². The number of aromatic nitrogens is 1. The maximum absolute atomic E-state index is 14.4. The van der Waals surface area contributed by atoms with Crippen LogP contribution in [0.5, 0.6) is 5.75 Å². The molecule has 2 aliphatic carbocycles.